The Labute approximate surface area is 81.0 Å². The Balaban J connectivity index is 2.43. The predicted octanol–water partition coefficient (Wildman–Crippen LogP) is 1.47. The van der Waals surface area contributed by atoms with E-state index in [4.69, 9.17) is 5.73 Å². The van der Waals surface area contributed by atoms with Gasteiger partial charge in [-0.1, -0.05) is 6.07 Å². The average molecular weight is 191 g/mol. The van der Waals surface area contributed by atoms with E-state index in [1.165, 1.54) is 6.07 Å². The number of nitrogens with two attached hydrogens (primary N) is 1. The van der Waals surface area contributed by atoms with Gasteiger partial charge in [-0.2, -0.15) is 5.10 Å². The Bertz CT molecular complexity index is 423. The summed E-state index contributed by atoms with van der Waals surface area (Å²) in [6.07, 6.45) is 3.41. The Kier molecular flexibility index (Phi) is 2.28. The highest BCUT2D eigenvalue weighted by molar-refractivity contribution is 5.34. The maximum Gasteiger partial charge on any atom is 0.129 e. The third-order valence-corrected chi connectivity index (χ3v) is 2.03. The average Bonchev–Trinajstić information content (AvgIpc) is 2.70. The molecule has 1 aromatic heterocycles. The number of nitrogens with zero attached hydrogens (tertiary/aromatic N) is 2. The number of hydrogen-bond donors (Lipinski definition) is 1. The first-order valence-corrected chi connectivity index (χ1v) is 4.30. The smallest absolute Gasteiger partial charge is 0.129 e. The van der Waals surface area contributed by atoms with Gasteiger partial charge in [0.1, 0.15) is 5.82 Å². The van der Waals surface area contributed by atoms with Crippen molar-refractivity contribution in [2.75, 3.05) is 0 Å². The highest BCUT2D eigenvalue weighted by Gasteiger charge is 2.02. The molecule has 0 aliphatic heterocycles. The molecule has 3 nitrogen and oxygen atoms in total. The molecule has 0 aliphatic rings. The first-order valence-electron chi connectivity index (χ1n) is 4.30. The van der Waals surface area contributed by atoms with Crippen molar-refractivity contribution < 1.29 is 4.39 Å². The van der Waals surface area contributed by atoms with Crippen LogP contribution in [-0.2, 0) is 6.54 Å². The van der Waals surface area contributed by atoms with Crippen LogP contribution in [0.5, 0.6) is 0 Å². The monoisotopic (exact) mass is 191 g/mol. The highest BCUT2D eigenvalue weighted by atomic mass is 19.1. The van der Waals surface area contributed by atoms with Gasteiger partial charge < -0.3 is 5.73 Å². The Morgan fingerprint density at radius 3 is 2.86 bits per heavy atom. The fourth-order valence-corrected chi connectivity index (χ4v) is 1.27. The minimum absolute atomic E-state index is 0.214. The van der Waals surface area contributed by atoms with Gasteiger partial charge in [0.2, 0.25) is 0 Å². The van der Waals surface area contributed by atoms with Crippen molar-refractivity contribution in [3.05, 3.63) is 48.0 Å². The number of halogens is 1. The zero-order valence-corrected chi connectivity index (χ0v) is 7.52. The summed E-state index contributed by atoms with van der Waals surface area (Å²) in [4.78, 5) is 0. The Morgan fingerprint density at radius 1 is 1.43 bits per heavy atom. The van der Waals surface area contributed by atoms with Crippen LogP contribution in [0.25, 0.3) is 5.69 Å². The molecule has 72 valence electrons. The SMILES string of the molecule is NCc1ccc(-n2cccn2)cc1F. The van der Waals surface area contributed by atoms with E-state index in [2.05, 4.69) is 5.10 Å². The summed E-state index contributed by atoms with van der Waals surface area (Å²) in [5.74, 6) is -0.291. The lowest BCUT2D eigenvalue weighted by Crippen LogP contribution is -2.02. The molecule has 0 saturated carbocycles. The van der Waals surface area contributed by atoms with E-state index in [0.717, 1.165) is 0 Å². The maximum absolute atomic E-state index is 13.3. The molecular weight excluding hydrogens is 181 g/mol. The molecule has 0 spiro atoms. The van der Waals surface area contributed by atoms with Gasteiger partial charge in [-0.05, 0) is 18.2 Å². The molecule has 1 heterocycles. The zero-order chi connectivity index (χ0) is 9.97. The molecule has 0 atom stereocenters. The first kappa shape index (κ1) is 8.90. The normalized spacial score (nSPS) is 10.4. The lowest BCUT2D eigenvalue weighted by atomic mass is 10.2. The van der Waals surface area contributed by atoms with Gasteiger partial charge in [0.25, 0.3) is 0 Å². The van der Waals surface area contributed by atoms with Gasteiger partial charge >= 0.3 is 0 Å². The van der Waals surface area contributed by atoms with Crippen LogP contribution in [0, 0.1) is 5.82 Å². The molecule has 0 aliphatic carbocycles. The van der Waals surface area contributed by atoms with Crippen molar-refractivity contribution in [1.29, 1.82) is 0 Å². The number of hydrogen-bond acceptors (Lipinski definition) is 2. The molecule has 2 N–H and O–H groups in total. The Morgan fingerprint density at radius 2 is 2.29 bits per heavy atom. The standard InChI is InChI=1S/C10H10FN3/c11-10-6-9(3-2-8(10)7-12)14-5-1-4-13-14/h1-6H,7,12H2. The summed E-state index contributed by atoms with van der Waals surface area (Å²) in [6, 6.07) is 6.68. The van der Waals surface area contributed by atoms with Crippen molar-refractivity contribution in [2.45, 2.75) is 6.54 Å². The van der Waals surface area contributed by atoms with Crippen LogP contribution in [0.2, 0.25) is 0 Å². The molecule has 0 saturated heterocycles. The number of aromatic nitrogens is 2. The molecule has 0 bridgehead atoms. The van der Waals surface area contributed by atoms with Crippen LogP contribution in [0.15, 0.2) is 36.7 Å². The van der Waals surface area contributed by atoms with E-state index in [-0.39, 0.29) is 12.4 Å². The third-order valence-electron chi connectivity index (χ3n) is 2.03. The quantitative estimate of drug-likeness (QED) is 0.781. The minimum atomic E-state index is -0.291. The van der Waals surface area contributed by atoms with Crippen molar-refractivity contribution in [1.82, 2.24) is 9.78 Å². The van der Waals surface area contributed by atoms with E-state index in [0.29, 0.717) is 11.3 Å². The van der Waals surface area contributed by atoms with E-state index >= 15 is 0 Å². The van der Waals surface area contributed by atoms with Gasteiger partial charge in [0, 0.05) is 24.5 Å². The molecule has 4 heteroatoms. The second-order valence-corrected chi connectivity index (χ2v) is 2.93. The van der Waals surface area contributed by atoms with Crippen LogP contribution in [-0.4, -0.2) is 9.78 Å². The van der Waals surface area contributed by atoms with Gasteiger partial charge in [-0.25, -0.2) is 9.07 Å². The molecule has 1 aromatic carbocycles. The largest absolute Gasteiger partial charge is 0.326 e. The zero-order valence-electron chi connectivity index (χ0n) is 7.52. The fraction of sp³-hybridized carbons (Fsp3) is 0.100. The van der Waals surface area contributed by atoms with Crippen molar-refractivity contribution in [2.24, 2.45) is 5.73 Å². The van der Waals surface area contributed by atoms with Gasteiger partial charge in [0.05, 0.1) is 5.69 Å². The van der Waals surface area contributed by atoms with Gasteiger partial charge in [-0.15, -0.1) is 0 Å². The van der Waals surface area contributed by atoms with E-state index < -0.39 is 0 Å². The summed E-state index contributed by atoms with van der Waals surface area (Å²) in [6.45, 7) is 0.214. The van der Waals surface area contributed by atoms with Gasteiger partial charge in [-0.3, -0.25) is 0 Å². The molecule has 0 amide bonds. The minimum Gasteiger partial charge on any atom is -0.326 e. The highest BCUT2D eigenvalue weighted by Crippen LogP contribution is 2.12. The molecule has 0 radical (unpaired) electrons. The second-order valence-electron chi connectivity index (χ2n) is 2.93. The van der Waals surface area contributed by atoms with Crippen LogP contribution in [0.4, 0.5) is 4.39 Å². The summed E-state index contributed by atoms with van der Waals surface area (Å²) in [5, 5.41) is 4.00. The van der Waals surface area contributed by atoms with E-state index in [1.54, 1.807) is 35.3 Å². The van der Waals surface area contributed by atoms with Crippen molar-refractivity contribution in [3.63, 3.8) is 0 Å². The third kappa shape index (κ3) is 1.52. The lowest BCUT2D eigenvalue weighted by Gasteiger charge is -2.04. The Hall–Kier alpha value is -1.68. The van der Waals surface area contributed by atoms with Crippen LogP contribution < -0.4 is 5.73 Å². The molecule has 2 rings (SSSR count). The van der Waals surface area contributed by atoms with Gasteiger partial charge in [0.15, 0.2) is 0 Å². The van der Waals surface area contributed by atoms with Crippen LogP contribution >= 0.6 is 0 Å². The summed E-state index contributed by atoms with van der Waals surface area (Å²) in [5.41, 5.74) is 6.57. The van der Waals surface area contributed by atoms with E-state index in [1.807, 2.05) is 0 Å². The van der Waals surface area contributed by atoms with Crippen molar-refractivity contribution >= 4 is 0 Å². The summed E-state index contributed by atoms with van der Waals surface area (Å²) < 4.78 is 14.9. The summed E-state index contributed by atoms with van der Waals surface area (Å²) in [7, 11) is 0. The molecule has 0 fully saturated rings. The van der Waals surface area contributed by atoms with Crippen LogP contribution in [0.1, 0.15) is 5.56 Å². The fourth-order valence-electron chi connectivity index (χ4n) is 1.27. The maximum atomic E-state index is 13.3. The number of rotatable bonds is 2. The number of benzene rings is 1. The summed E-state index contributed by atoms with van der Waals surface area (Å²) >= 11 is 0. The topological polar surface area (TPSA) is 43.8 Å². The first-order chi connectivity index (χ1) is 6.81. The van der Waals surface area contributed by atoms with E-state index in [9.17, 15) is 4.39 Å². The molecular formula is C10H10FN3. The molecule has 2 aromatic rings. The lowest BCUT2D eigenvalue weighted by molar-refractivity contribution is 0.608. The predicted molar refractivity (Wildman–Crippen MR) is 51.4 cm³/mol. The molecule has 0 unspecified atom stereocenters. The molecule has 14 heavy (non-hydrogen) atoms. The van der Waals surface area contributed by atoms with Crippen molar-refractivity contribution in [3.8, 4) is 5.69 Å². The van der Waals surface area contributed by atoms with Crippen LogP contribution in [0.3, 0.4) is 0 Å². The second kappa shape index (κ2) is 3.59.